The molecule has 9 nitrogen and oxygen atoms in total. The molecule has 0 aliphatic carbocycles. The molecule has 2 heterocycles. The molecule has 4 rings (SSSR count). The van der Waals surface area contributed by atoms with Crippen molar-refractivity contribution in [2.24, 2.45) is 0 Å². The SMILES string of the molecule is CN1C(=O)[C@@H](NC(=O)c2n[nH]c(Cc3ccccc3)n2)COc2ccc(OC(F)F)cc21. The molecule has 32 heavy (non-hydrogen) atoms. The molecule has 0 saturated carbocycles. The maximum atomic E-state index is 12.8. The Hall–Kier alpha value is -4.02. The van der Waals surface area contributed by atoms with Gasteiger partial charge in [0.15, 0.2) is 0 Å². The van der Waals surface area contributed by atoms with E-state index in [0.717, 1.165) is 5.56 Å². The van der Waals surface area contributed by atoms with Crippen LogP contribution in [0.2, 0.25) is 0 Å². The highest BCUT2D eigenvalue weighted by Crippen LogP contribution is 2.34. The van der Waals surface area contributed by atoms with Crippen LogP contribution in [0.25, 0.3) is 0 Å². The van der Waals surface area contributed by atoms with Crippen LogP contribution in [-0.2, 0) is 11.2 Å². The average molecular weight is 443 g/mol. The summed E-state index contributed by atoms with van der Waals surface area (Å²) < 4.78 is 35.0. The summed E-state index contributed by atoms with van der Waals surface area (Å²) in [5.41, 5.74) is 1.24. The number of halogens is 2. The number of anilines is 1. The van der Waals surface area contributed by atoms with E-state index in [1.54, 1.807) is 0 Å². The predicted octanol–water partition coefficient (Wildman–Crippen LogP) is 2.15. The maximum absolute atomic E-state index is 12.8. The first-order valence-electron chi connectivity index (χ1n) is 9.66. The zero-order valence-corrected chi connectivity index (χ0v) is 16.9. The first-order chi connectivity index (χ1) is 15.4. The van der Waals surface area contributed by atoms with Crippen molar-refractivity contribution in [2.75, 3.05) is 18.6 Å². The summed E-state index contributed by atoms with van der Waals surface area (Å²) in [6.07, 6.45) is 0.466. The lowest BCUT2D eigenvalue weighted by Gasteiger charge is -2.20. The van der Waals surface area contributed by atoms with Crippen LogP contribution >= 0.6 is 0 Å². The molecular weight excluding hydrogens is 424 g/mol. The van der Waals surface area contributed by atoms with Crippen molar-refractivity contribution in [3.05, 3.63) is 65.7 Å². The predicted molar refractivity (Wildman–Crippen MR) is 109 cm³/mol. The van der Waals surface area contributed by atoms with Crippen molar-refractivity contribution in [2.45, 2.75) is 19.1 Å². The number of benzene rings is 2. The highest BCUT2D eigenvalue weighted by molar-refractivity contribution is 6.02. The van der Waals surface area contributed by atoms with Crippen LogP contribution < -0.4 is 19.7 Å². The van der Waals surface area contributed by atoms with Crippen LogP contribution in [0.5, 0.6) is 11.5 Å². The highest BCUT2D eigenvalue weighted by atomic mass is 19.3. The molecule has 0 fully saturated rings. The van der Waals surface area contributed by atoms with Gasteiger partial charge in [0, 0.05) is 19.5 Å². The zero-order valence-electron chi connectivity index (χ0n) is 16.9. The lowest BCUT2D eigenvalue weighted by Crippen LogP contribution is -2.49. The van der Waals surface area contributed by atoms with Crippen LogP contribution in [0.15, 0.2) is 48.5 Å². The van der Waals surface area contributed by atoms with Gasteiger partial charge >= 0.3 is 6.61 Å². The minimum atomic E-state index is -3.00. The van der Waals surface area contributed by atoms with Crippen LogP contribution in [0, 0.1) is 0 Å². The number of H-pyrrole nitrogens is 1. The van der Waals surface area contributed by atoms with Crippen LogP contribution in [-0.4, -0.2) is 53.3 Å². The summed E-state index contributed by atoms with van der Waals surface area (Å²) in [6, 6.07) is 12.5. The molecule has 0 unspecified atom stereocenters. The topological polar surface area (TPSA) is 109 Å². The fraction of sp³-hybridized carbons (Fsp3) is 0.238. The van der Waals surface area contributed by atoms with E-state index in [1.807, 2.05) is 30.3 Å². The summed E-state index contributed by atoms with van der Waals surface area (Å²) in [5, 5.41) is 9.20. The molecule has 0 saturated heterocycles. The normalized spacial score (nSPS) is 15.7. The van der Waals surface area contributed by atoms with Gasteiger partial charge in [0.05, 0.1) is 5.69 Å². The first-order valence-corrected chi connectivity index (χ1v) is 9.66. The number of aromatic amines is 1. The molecule has 166 valence electrons. The summed E-state index contributed by atoms with van der Waals surface area (Å²) in [6.45, 7) is -3.15. The Balaban J connectivity index is 1.44. The van der Waals surface area contributed by atoms with Gasteiger partial charge in [-0.2, -0.15) is 8.78 Å². The van der Waals surface area contributed by atoms with E-state index in [4.69, 9.17) is 4.74 Å². The number of nitrogens with one attached hydrogen (secondary N) is 2. The second-order valence-corrected chi connectivity index (χ2v) is 7.01. The lowest BCUT2D eigenvalue weighted by atomic mass is 10.1. The van der Waals surface area contributed by atoms with E-state index >= 15 is 0 Å². The highest BCUT2D eigenvalue weighted by Gasteiger charge is 2.32. The molecule has 3 aromatic rings. The van der Waals surface area contributed by atoms with Gasteiger partial charge in [0.1, 0.15) is 30.0 Å². The Morgan fingerprint density at radius 1 is 1.31 bits per heavy atom. The Labute approximate surface area is 181 Å². The second-order valence-electron chi connectivity index (χ2n) is 7.01. The number of likely N-dealkylation sites (N-methyl/N-ethyl adjacent to an activating group) is 1. The molecule has 1 aromatic heterocycles. The van der Waals surface area contributed by atoms with E-state index in [9.17, 15) is 18.4 Å². The van der Waals surface area contributed by atoms with E-state index < -0.39 is 24.5 Å². The summed E-state index contributed by atoms with van der Waals surface area (Å²) in [7, 11) is 1.45. The van der Waals surface area contributed by atoms with Gasteiger partial charge in [-0.25, -0.2) is 4.98 Å². The van der Waals surface area contributed by atoms with E-state index in [1.165, 1.54) is 30.1 Å². The molecule has 0 bridgehead atoms. The number of aromatic nitrogens is 3. The number of carbonyl (C=O) groups excluding carboxylic acids is 2. The van der Waals surface area contributed by atoms with Gasteiger partial charge in [-0.05, 0) is 17.7 Å². The minimum absolute atomic E-state index is 0.110. The molecular formula is C21H19F2N5O4. The third kappa shape index (κ3) is 4.66. The molecule has 0 spiro atoms. The minimum Gasteiger partial charge on any atom is -0.489 e. The van der Waals surface area contributed by atoms with Crippen LogP contribution in [0.4, 0.5) is 14.5 Å². The molecule has 0 radical (unpaired) electrons. The van der Waals surface area contributed by atoms with Gasteiger partial charge in [0.25, 0.3) is 11.8 Å². The Morgan fingerprint density at radius 2 is 2.09 bits per heavy atom. The third-order valence-electron chi connectivity index (χ3n) is 4.81. The van der Waals surface area contributed by atoms with Gasteiger partial charge in [-0.3, -0.25) is 14.7 Å². The summed E-state index contributed by atoms with van der Waals surface area (Å²) >= 11 is 0. The van der Waals surface area contributed by atoms with Gasteiger partial charge in [-0.15, -0.1) is 5.10 Å². The second kappa shape index (κ2) is 9.00. The number of ether oxygens (including phenoxy) is 2. The Bertz CT molecular complexity index is 1120. The number of nitrogens with zero attached hydrogens (tertiary/aromatic N) is 3. The standard InChI is InChI=1S/C21H19F2N5O4/c1-28-15-10-13(32-21(22)23)7-8-16(15)31-11-14(20(28)30)24-19(29)18-25-17(26-27-18)9-12-5-3-2-4-6-12/h2-8,10,14,21H,9,11H2,1H3,(H,24,29)(H,25,26,27)/t14-/m0/s1. The van der Waals surface area contributed by atoms with Gasteiger partial charge in [0.2, 0.25) is 5.82 Å². The van der Waals surface area contributed by atoms with Crippen LogP contribution in [0.1, 0.15) is 22.0 Å². The fourth-order valence-electron chi connectivity index (χ4n) is 3.25. The number of fused-ring (bicyclic) bond motifs is 1. The van der Waals surface area contributed by atoms with Crippen molar-refractivity contribution < 1.29 is 27.8 Å². The van der Waals surface area contributed by atoms with E-state index in [0.29, 0.717) is 18.0 Å². The molecule has 11 heteroatoms. The van der Waals surface area contributed by atoms with Crippen molar-refractivity contribution in [3.8, 4) is 11.5 Å². The maximum Gasteiger partial charge on any atom is 0.387 e. The molecule has 2 N–H and O–H groups in total. The largest absolute Gasteiger partial charge is 0.489 e. The number of hydrogen-bond donors (Lipinski definition) is 2. The molecule has 1 aliphatic heterocycles. The fourth-order valence-corrected chi connectivity index (χ4v) is 3.25. The number of amides is 2. The van der Waals surface area contributed by atoms with Gasteiger partial charge in [-0.1, -0.05) is 30.3 Å². The summed E-state index contributed by atoms with van der Waals surface area (Å²) in [4.78, 5) is 30.9. The van der Waals surface area contributed by atoms with Gasteiger partial charge < -0.3 is 19.7 Å². The van der Waals surface area contributed by atoms with Crippen LogP contribution in [0.3, 0.4) is 0 Å². The molecule has 2 aromatic carbocycles. The quantitative estimate of drug-likeness (QED) is 0.604. The van der Waals surface area contributed by atoms with E-state index in [2.05, 4.69) is 25.2 Å². The molecule has 1 atom stereocenters. The molecule has 1 aliphatic rings. The first kappa shape index (κ1) is 21.2. The van der Waals surface area contributed by atoms with Crippen molar-refractivity contribution in [1.29, 1.82) is 0 Å². The Morgan fingerprint density at radius 3 is 2.84 bits per heavy atom. The zero-order chi connectivity index (χ0) is 22.7. The number of alkyl halides is 2. The monoisotopic (exact) mass is 443 g/mol. The molecule has 2 amide bonds. The van der Waals surface area contributed by atoms with Crippen molar-refractivity contribution >= 4 is 17.5 Å². The number of carbonyl (C=O) groups is 2. The lowest BCUT2D eigenvalue weighted by molar-refractivity contribution is -0.120. The number of hydrogen-bond acceptors (Lipinski definition) is 6. The Kier molecular flexibility index (Phi) is 5.97. The smallest absolute Gasteiger partial charge is 0.387 e. The van der Waals surface area contributed by atoms with Crippen molar-refractivity contribution in [1.82, 2.24) is 20.5 Å². The van der Waals surface area contributed by atoms with Crippen molar-refractivity contribution in [3.63, 3.8) is 0 Å². The average Bonchev–Trinajstić information content (AvgIpc) is 3.21. The van der Waals surface area contributed by atoms with E-state index in [-0.39, 0.29) is 23.9 Å². The number of rotatable bonds is 6. The summed E-state index contributed by atoms with van der Waals surface area (Å²) in [5.74, 6) is -0.574. The third-order valence-corrected chi connectivity index (χ3v) is 4.81.